The van der Waals surface area contributed by atoms with E-state index >= 15 is 0 Å². The highest BCUT2D eigenvalue weighted by molar-refractivity contribution is 9.09. The molecule has 12 heteroatoms. The summed E-state index contributed by atoms with van der Waals surface area (Å²) >= 11 is 3.46. The number of nitrogens with one attached hydrogen (secondary N) is 1. The summed E-state index contributed by atoms with van der Waals surface area (Å²) in [5.74, 6) is -0.908. The van der Waals surface area contributed by atoms with E-state index in [4.69, 9.17) is 0 Å². The first kappa shape index (κ1) is 23.8. The fourth-order valence-corrected chi connectivity index (χ4v) is 5.15. The molecule has 0 saturated carbocycles. The van der Waals surface area contributed by atoms with Crippen LogP contribution in [-0.2, 0) is 12.6 Å². The normalized spacial score (nSPS) is 19.4. The zero-order valence-electron chi connectivity index (χ0n) is 18.1. The molecule has 0 spiro atoms. The van der Waals surface area contributed by atoms with Crippen LogP contribution < -0.4 is 14.8 Å². The van der Waals surface area contributed by atoms with Gasteiger partial charge in [0.1, 0.15) is 5.82 Å². The second kappa shape index (κ2) is 8.35. The number of nitrogens with zero attached hydrogens (tertiary/aromatic N) is 2. The summed E-state index contributed by atoms with van der Waals surface area (Å²) in [5.41, 5.74) is 0.357. The summed E-state index contributed by atoms with van der Waals surface area (Å²) in [4.78, 5) is -0.331. The van der Waals surface area contributed by atoms with Crippen LogP contribution in [0.1, 0.15) is 53.1 Å². The molecule has 5 rings (SSSR count). The van der Waals surface area contributed by atoms with Gasteiger partial charge in [-0.05, 0) is 62.1 Å². The first-order chi connectivity index (χ1) is 16.4. The van der Waals surface area contributed by atoms with Gasteiger partial charge >= 0.3 is 12.5 Å². The Hall–Kier alpha value is -2.89. The maximum Gasteiger partial charge on any atom is 0.586 e. The Balaban J connectivity index is 1.48. The summed E-state index contributed by atoms with van der Waals surface area (Å²) in [5, 5.41) is 6.80. The van der Waals surface area contributed by atoms with Crippen LogP contribution in [-0.4, -0.2) is 16.1 Å². The van der Waals surface area contributed by atoms with Crippen molar-refractivity contribution < 1.29 is 35.8 Å². The minimum Gasteiger partial charge on any atom is -0.395 e. The van der Waals surface area contributed by atoms with E-state index in [0.29, 0.717) is 24.1 Å². The van der Waals surface area contributed by atoms with E-state index in [1.54, 1.807) is 6.92 Å². The molecule has 2 aliphatic rings. The van der Waals surface area contributed by atoms with Crippen molar-refractivity contribution in [2.75, 3.05) is 5.32 Å². The second-order valence-corrected chi connectivity index (χ2v) is 9.49. The molecule has 0 bridgehead atoms. The third kappa shape index (κ3) is 4.43. The van der Waals surface area contributed by atoms with E-state index in [2.05, 4.69) is 35.8 Å². The van der Waals surface area contributed by atoms with Crippen molar-refractivity contribution in [2.45, 2.75) is 49.5 Å². The Bertz CT molecular complexity index is 1290. The van der Waals surface area contributed by atoms with Gasteiger partial charge in [-0.2, -0.15) is 18.3 Å². The first-order valence-electron chi connectivity index (χ1n) is 10.7. The van der Waals surface area contributed by atoms with Gasteiger partial charge in [0.15, 0.2) is 17.2 Å². The molecule has 1 aliphatic carbocycles. The average Bonchev–Trinajstić information content (AvgIpc) is 3.31. The number of alkyl halides is 6. The molecule has 2 atom stereocenters. The number of ether oxygens (including phenoxy) is 2. The predicted octanol–water partition coefficient (Wildman–Crippen LogP) is 7.30. The molecule has 1 aromatic heterocycles. The van der Waals surface area contributed by atoms with Crippen LogP contribution in [0.5, 0.6) is 11.5 Å². The number of hydrogen-bond acceptors (Lipinski definition) is 4. The fraction of sp³-hybridized carbons (Fsp3) is 0.348. The molecule has 0 amide bonds. The average molecular weight is 562 g/mol. The van der Waals surface area contributed by atoms with Gasteiger partial charge in [-0.3, -0.25) is 0 Å². The maximum atomic E-state index is 14.7. The highest BCUT2D eigenvalue weighted by Crippen LogP contribution is 2.44. The molecule has 0 radical (unpaired) electrons. The van der Waals surface area contributed by atoms with Crippen LogP contribution in [0.4, 0.5) is 32.0 Å². The van der Waals surface area contributed by atoms with Gasteiger partial charge in [0.25, 0.3) is 0 Å². The number of benzene rings is 2. The summed E-state index contributed by atoms with van der Waals surface area (Å²) in [6.45, 7) is 1.67. The molecular weight excluding hydrogens is 544 g/mol. The Morgan fingerprint density at radius 2 is 1.89 bits per heavy atom. The van der Waals surface area contributed by atoms with Gasteiger partial charge in [0, 0.05) is 11.6 Å². The number of hydrogen-bond donors (Lipinski definition) is 1. The van der Waals surface area contributed by atoms with Crippen LogP contribution in [0.2, 0.25) is 0 Å². The summed E-state index contributed by atoms with van der Waals surface area (Å²) in [7, 11) is 0. The molecular formula is C23H18BrF6N3O2. The number of anilines is 1. The van der Waals surface area contributed by atoms with Crippen LogP contribution in [0, 0.1) is 5.82 Å². The molecule has 35 heavy (non-hydrogen) atoms. The van der Waals surface area contributed by atoms with Crippen molar-refractivity contribution in [3.63, 3.8) is 0 Å². The van der Waals surface area contributed by atoms with E-state index < -0.39 is 30.0 Å². The molecule has 3 aromatic rings. The zero-order chi connectivity index (χ0) is 25.1. The van der Waals surface area contributed by atoms with Crippen molar-refractivity contribution >= 4 is 21.6 Å². The van der Waals surface area contributed by atoms with Crippen LogP contribution in [0.15, 0.2) is 36.4 Å². The Morgan fingerprint density at radius 1 is 1.14 bits per heavy atom. The Morgan fingerprint density at radius 3 is 2.63 bits per heavy atom. The van der Waals surface area contributed by atoms with E-state index in [-0.39, 0.29) is 39.7 Å². The molecule has 186 valence electrons. The molecule has 1 unspecified atom stereocenters. The van der Waals surface area contributed by atoms with Gasteiger partial charge in [-0.15, -0.1) is 8.78 Å². The number of fused-ring (bicyclic) bond motifs is 2. The van der Waals surface area contributed by atoms with Gasteiger partial charge in [0.05, 0.1) is 21.9 Å². The minimum atomic E-state index is -4.62. The van der Waals surface area contributed by atoms with Gasteiger partial charge in [-0.1, -0.05) is 22.0 Å². The van der Waals surface area contributed by atoms with E-state index in [1.165, 1.54) is 35.0 Å². The third-order valence-electron chi connectivity index (χ3n) is 5.96. The van der Waals surface area contributed by atoms with Gasteiger partial charge in [-0.25, -0.2) is 9.07 Å². The summed E-state index contributed by atoms with van der Waals surface area (Å²) in [6, 6.07) is 7.50. The fourth-order valence-electron chi connectivity index (χ4n) is 4.36. The first-order valence-corrected chi connectivity index (χ1v) is 11.6. The Labute approximate surface area is 204 Å². The number of aromatic nitrogens is 2. The second-order valence-electron chi connectivity index (χ2n) is 8.39. The molecule has 1 aliphatic heterocycles. The number of rotatable bonds is 4. The lowest BCUT2D eigenvalue weighted by Gasteiger charge is -2.21. The smallest absolute Gasteiger partial charge is 0.395 e. The summed E-state index contributed by atoms with van der Waals surface area (Å²) < 4.78 is 92.3. The monoisotopic (exact) mass is 561 g/mol. The van der Waals surface area contributed by atoms with Crippen molar-refractivity contribution in [2.24, 2.45) is 0 Å². The predicted molar refractivity (Wildman–Crippen MR) is 118 cm³/mol. The molecule has 1 N–H and O–H groups in total. The van der Waals surface area contributed by atoms with Gasteiger partial charge in [0.2, 0.25) is 0 Å². The molecule has 2 heterocycles. The maximum absolute atomic E-state index is 14.7. The third-order valence-corrected chi connectivity index (χ3v) is 6.86. The standard InChI is InChI=1S/C23H18BrF6N3O2/c1-11(12-5-8-18-19(9-12)35-23(29,30)34-18)31-17-10-13(6-7-16(17)25)33-20-14(3-2-4-15(20)24)21(32-33)22(26,27)28/h5-11,15,31H,2-4H2,1H3/t11-,15?/m0/s1. The Kier molecular flexibility index (Phi) is 5.69. The van der Waals surface area contributed by atoms with Crippen molar-refractivity contribution in [1.82, 2.24) is 9.78 Å². The summed E-state index contributed by atoms with van der Waals surface area (Å²) in [6.07, 6.45) is -6.90. The highest BCUT2D eigenvalue weighted by Gasteiger charge is 2.44. The van der Waals surface area contributed by atoms with E-state index in [1.807, 2.05) is 0 Å². The van der Waals surface area contributed by atoms with Crippen LogP contribution >= 0.6 is 15.9 Å². The number of halogens is 7. The van der Waals surface area contributed by atoms with Crippen molar-refractivity contribution in [3.05, 3.63) is 64.7 Å². The highest BCUT2D eigenvalue weighted by atomic mass is 79.9. The molecule has 0 saturated heterocycles. The van der Waals surface area contributed by atoms with Crippen LogP contribution in [0.3, 0.4) is 0 Å². The van der Waals surface area contributed by atoms with E-state index in [0.717, 1.165) is 6.07 Å². The van der Waals surface area contributed by atoms with E-state index in [9.17, 15) is 26.3 Å². The SMILES string of the molecule is C[C@H](Nc1cc(-n2nc(C(F)(F)F)c3c2C(Br)CCC3)ccc1F)c1ccc2c(c1)OC(F)(F)O2. The van der Waals surface area contributed by atoms with Crippen LogP contribution in [0.25, 0.3) is 5.69 Å². The lowest BCUT2D eigenvalue weighted by molar-refractivity contribution is -0.286. The quantitative estimate of drug-likeness (QED) is 0.268. The van der Waals surface area contributed by atoms with Crippen molar-refractivity contribution in [3.8, 4) is 17.2 Å². The lowest BCUT2D eigenvalue weighted by atomic mass is 9.95. The topological polar surface area (TPSA) is 48.3 Å². The lowest BCUT2D eigenvalue weighted by Crippen LogP contribution is -2.25. The molecule has 5 nitrogen and oxygen atoms in total. The van der Waals surface area contributed by atoms with Gasteiger partial charge < -0.3 is 14.8 Å². The van der Waals surface area contributed by atoms with Crippen molar-refractivity contribution in [1.29, 1.82) is 0 Å². The largest absolute Gasteiger partial charge is 0.586 e. The zero-order valence-corrected chi connectivity index (χ0v) is 19.7. The molecule has 0 fully saturated rings. The molecule has 2 aromatic carbocycles. The minimum absolute atomic E-state index is 0.0118.